The Labute approximate surface area is 60.3 Å². The number of rotatable bonds is 2. The van der Waals surface area contributed by atoms with E-state index in [4.69, 9.17) is 4.74 Å². The van der Waals surface area contributed by atoms with Gasteiger partial charge in [0, 0.05) is 12.6 Å². The first-order valence-electron chi connectivity index (χ1n) is 3.17. The zero-order valence-electron chi connectivity index (χ0n) is 6.26. The third kappa shape index (κ3) is 1.36. The Hall–Kier alpha value is -0.830. The predicted molar refractivity (Wildman–Crippen MR) is 37.3 cm³/mol. The van der Waals surface area contributed by atoms with Crippen LogP contribution in [0.5, 0.6) is 0 Å². The van der Waals surface area contributed by atoms with Crippen LogP contribution in [-0.2, 0) is 9.53 Å². The molecule has 3 nitrogen and oxygen atoms in total. The van der Waals surface area contributed by atoms with Gasteiger partial charge in [-0.05, 0) is 6.92 Å². The summed E-state index contributed by atoms with van der Waals surface area (Å²) in [6.07, 6.45) is 0.00389. The summed E-state index contributed by atoms with van der Waals surface area (Å²) < 4.78 is 4.91. The van der Waals surface area contributed by atoms with Crippen molar-refractivity contribution in [1.29, 1.82) is 0 Å². The van der Waals surface area contributed by atoms with E-state index >= 15 is 0 Å². The summed E-state index contributed by atoms with van der Waals surface area (Å²) in [5, 5.41) is 0. The second kappa shape index (κ2) is 2.42. The first-order chi connectivity index (χ1) is 4.63. The molecule has 0 aliphatic carbocycles. The molecule has 10 heavy (non-hydrogen) atoms. The van der Waals surface area contributed by atoms with E-state index in [9.17, 15) is 4.79 Å². The maximum Gasteiger partial charge on any atom is 0.250 e. The van der Waals surface area contributed by atoms with E-state index in [1.807, 2.05) is 0 Å². The topological polar surface area (TPSA) is 32.8 Å². The molecule has 0 N–H and O–H groups in total. The minimum atomic E-state index is -0.0394. The third-order valence-electron chi connectivity index (χ3n) is 1.43. The normalized spacial score (nSPS) is 22.0. The van der Waals surface area contributed by atoms with Gasteiger partial charge >= 0.3 is 0 Å². The second-order valence-corrected chi connectivity index (χ2v) is 2.48. The molecule has 1 rings (SSSR count). The van der Waals surface area contributed by atoms with Gasteiger partial charge in [0.2, 0.25) is 0 Å². The molecular weight excluding hydrogens is 130 g/mol. The zero-order chi connectivity index (χ0) is 7.72. The van der Waals surface area contributed by atoms with Gasteiger partial charge in [0.1, 0.15) is 0 Å². The van der Waals surface area contributed by atoms with Gasteiger partial charge in [-0.2, -0.15) is 0 Å². The van der Waals surface area contributed by atoms with Gasteiger partial charge < -0.3 is 9.64 Å². The van der Waals surface area contributed by atoms with E-state index in [1.54, 1.807) is 18.9 Å². The highest BCUT2D eigenvalue weighted by Crippen LogP contribution is 2.14. The lowest BCUT2D eigenvalue weighted by Gasteiger charge is -2.12. The highest BCUT2D eigenvalue weighted by Gasteiger charge is 2.30. The molecule has 0 aromatic rings. The van der Waals surface area contributed by atoms with E-state index in [0.717, 1.165) is 0 Å². The number of likely N-dealkylation sites (N-methyl/N-ethyl adjacent to an activating group) is 1. The van der Waals surface area contributed by atoms with E-state index in [1.165, 1.54) is 0 Å². The standard InChI is InChI=1S/C7H11NO2/c1-5(2)7(9)8(3)6-4-10-6/h6H,1,4H2,2-3H3. The summed E-state index contributed by atoms with van der Waals surface area (Å²) in [5.74, 6) is -0.0394. The van der Waals surface area contributed by atoms with Crippen molar-refractivity contribution in [3.05, 3.63) is 12.2 Å². The van der Waals surface area contributed by atoms with Crippen molar-refractivity contribution in [3.8, 4) is 0 Å². The molecule has 0 aromatic carbocycles. The van der Waals surface area contributed by atoms with E-state index in [-0.39, 0.29) is 12.1 Å². The average molecular weight is 141 g/mol. The van der Waals surface area contributed by atoms with Crippen molar-refractivity contribution in [2.24, 2.45) is 0 Å². The number of carbonyl (C=O) groups excluding carboxylic acids is 1. The second-order valence-electron chi connectivity index (χ2n) is 2.48. The van der Waals surface area contributed by atoms with Crippen LogP contribution >= 0.6 is 0 Å². The van der Waals surface area contributed by atoms with Crippen LogP contribution in [0, 0.1) is 0 Å². The van der Waals surface area contributed by atoms with Gasteiger partial charge in [-0.3, -0.25) is 4.79 Å². The van der Waals surface area contributed by atoms with Crippen LogP contribution in [0.25, 0.3) is 0 Å². The Morgan fingerprint density at radius 1 is 1.80 bits per heavy atom. The van der Waals surface area contributed by atoms with Crippen molar-refractivity contribution in [2.75, 3.05) is 13.7 Å². The molecule has 1 amide bonds. The molecule has 1 heterocycles. The molecule has 1 unspecified atom stereocenters. The smallest absolute Gasteiger partial charge is 0.250 e. The van der Waals surface area contributed by atoms with E-state index in [0.29, 0.717) is 12.2 Å². The molecule has 1 fully saturated rings. The lowest BCUT2D eigenvalue weighted by atomic mass is 10.3. The molecule has 1 saturated heterocycles. The fourth-order valence-corrected chi connectivity index (χ4v) is 0.698. The predicted octanol–water partition coefficient (Wildman–Crippen LogP) is 0.377. The molecule has 0 radical (unpaired) electrons. The number of amides is 1. The Morgan fingerprint density at radius 2 is 2.30 bits per heavy atom. The number of ether oxygens (including phenoxy) is 1. The minimum Gasteiger partial charge on any atom is -0.351 e. The van der Waals surface area contributed by atoms with Crippen LogP contribution in [0.3, 0.4) is 0 Å². The van der Waals surface area contributed by atoms with Crippen LogP contribution in [0.1, 0.15) is 6.92 Å². The Kier molecular flexibility index (Phi) is 1.76. The van der Waals surface area contributed by atoms with E-state index in [2.05, 4.69) is 6.58 Å². The van der Waals surface area contributed by atoms with Crippen LogP contribution < -0.4 is 0 Å². The molecule has 56 valence electrons. The zero-order valence-corrected chi connectivity index (χ0v) is 6.26. The summed E-state index contributed by atoms with van der Waals surface area (Å²) in [7, 11) is 1.72. The maximum atomic E-state index is 11.1. The quantitative estimate of drug-likeness (QED) is 0.411. The van der Waals surface area contributed by atoms with Gasteiger partial charge in [-0.25, -0.2) is 0 Å². The highest BCUT2D eigenvalue weighted by molar-refractivity contribution is 5.92. The molecule has 0 spiro atoms. The van der Waals surface area contributed by atoms with Crippen molar-refractivity contribution in [3.63, 3.8) is 0 Å². The molecule has 1 atom stereocenters. The Morgan fingerprint density at radius 3 is 2.60 bits per heavy atom. The van der Waals surface area contributed by atoms with Gasteiger partial charge in [-0.15, -0.1) is 0 Å². The summed E-state index contributed by atoms with van der Waals surface area (Å²) in [6.45, 7) is 5.90. The van der Waals surface area contributed by atoms with Crippen LogP contribution in [0.15, 0.2) is 12.2 Å². The lowest BCUT2D eigenvalue weighted by Crippen LogP contribution is -2.29. The molecule has 1 aliphatic heterocycles. The summed E-state index contributed by atoms with van der Waals surface area (Å²) >= 11 is 0. The lowest BCUT2D eigenvalue weighted by molar-refractivity contribution is -0.127. The number of nitrogens with zero attached hydrogens (tertiary/aromatic N) is 1. The summed E-state index contributed by atoms with van der Waals surface area (Å²) in [6, 6.07) is 0. The van der Waals surface area contributed by atoms with Gasteiger partial charge in [0.25, 0.3) is 5.91 Å². The third-order valence-corrected chi connectivity index (χ3v) is 1.43. The minimum absolute atomic E-state index is 0.00389. The van der Waals surface area contributed by atoms with Crippen molar-refractivity contribution in [1.82, 2.24) is 4.90 Å². The first-order valence-corrected chi connectivity index (χ1v) is 3.17. The van der Waals surface area contributed by atoms with Crippen molar-refractivity contribution in [2.45, 2.75) is 13.2 Å². The SMILES string of the molecule is C=C(C)C(=O)N(C)C1CO1. The average Bonchev–Trinajstić information content (AvgIpc) is 2.65. The van der Waals surface area contributed by atoms with Gasteiger partial charge in [0.05, 0.1) is 6.61 Å². The molecule has 1 aliphatic rings. The largest absolute Gasteiger partial charge is 0.351 e. The van der Waals surface area contributed by atoms with Gasteiger partial charge in [-0.1, -0.05) is 6.58 Å². The molecule has 3 heteroatoms. The monoisotopic (exact) mass is 141 g/mol. The fourth-order valence-electron chi connectivity index (χ4n) is 0.698. The highest BCUT2D eigenvalue weighted by atomic mass is 16.6. The molecule has 0 aromatic heterocycles. The molecule has 0 bridgehead atoms. The van der Waals surface area contributed by atoms with Crippen LogP contribution in [-0.4, -0.2) is 30.7 Å². The maximum absolute atomic E-state index is 11.1. The Bertz CT molecular complexity index is 172. The molecule has 0 saturated carbocycles. The number of epoxide rings is 1. The summed E-state index contributed by atoms with van der Waals surface area (Å²) in [5.41, 5.74) is 0.554. The Balaban J connectivity index is 2.46. The van der Waals surface area contributed by atoms with Gasteiger partial charge in [0.15, 0.2) is 6.23 Å². The molecular formula is C7H11NO2. The van der Waals surface area contributed by atoms with E-state index < -0.39 is 0 Å². The van der Waals surface area contributed by atoms with Crippen LogP contribution in [0.2, 0.25) is 0 Å². The summed E-state index contributed by atoms with van der Waals surface area (Å²) in [4.78, 5) is 12.6. The number of carbonyl (C=O) groups is 1. The van der Waals surface area contributed by atoms with Crippen molar-refractivity contribution >= 4 is 5.91 Å². The van der Waals surface area contributed by atoms with Crippen LogP contribution in [0.4, 0.5) is 0 Å². The fraction of sp³-hybridized carbons (Fsp3) is 0.571. The first kappa shape index (κ1) is 7.28. The number of hydrogen-bond acceptors (Lipinski definition) is 2. The van der Waals surface area contributed by atoms with Crippen molar-refractivity contribution < 1.29 is 9.53 Å². The number of hydrogen-bond donors (Lipinski definition) is 0.